The van der Waals surface area contributed by atoms with E-state index in [4.69, 9.17) is 5.73 Å². The van der Waals surface area contributed by atoms with Gasteiger partial charge in [0.25, 0.3) is 5.91 Å². The van der Waals surface area contributed by atoms with E-state index in [0.29, 0.717) is 22.9 Å². The molecular weight excluding hydrogens is 380 g/mol. The summed E-state index contributed by atoms with van der Waals surface area (Å²) in [6.45, 7) is 7.00. The number of carbonyl (C=O) groups excluding carboxylic acids is 2. The van der Waals surface area contributed by atoms with E-state index < -0.39 is 0 Å². The Morgan fingerprint density at radius 3 is 2.60 bits per heavy atom. The highest BCUT2D eigenvalue weighted by Gasteiger charge is 2.09. The summed E-state index contributed by atoms with van der Waals surface area (Å²) in [5, 5.41) is 5.42. The molecule has 8 nitrogen and oxygen atoms in total. The summed E-state index contributed by atoms with van der Waals surface area (Å²) in [7, 11) is 0. The molecule has 1 heterocycles. The lowest BCUT2D eigenvalue weighted by atomic mass is 10.2. The summed E-state index contributed by atoms with van der Waals surface area (Å²) in [6.07, 6.45) is 6.78. The molecule has 0 bridgehead atoms. The van der Waals surface area contributed by atoms with Crippen LogP contribution >= 0.6 is 0 Å². The molecule has 30 heavy (non-hydrogen) atoms. The minimum Gasteiger partial charge on any atom is -0.397 e. The van der Waals surface area contributed by atoms with Gasteiger partial charge in [-0.3, -0.25) is 9.59 Å². The fourth-order valence-corrected chi connectivity index (χ4v) is 2.24. The second-order valence-corrected chi connectivity index (χ2v) is 6.34. The van der Waals surface area contributed by atoms with Crippen molar-refractivity contribution in [3.63, 3.8) is 0 Å². The molecular formula is C22H24N6O2. The number of amidine groups is 1. The first kappa shape index (κ1) is 22.2. The number of hydrogen-bond donors (Lipinski definition) is 3. The number of para-hydroxylation sites is 2. The van der Waals surface area contributed by atoms with Crippen LogP contribution in [0.1, 0.15) is 30.8 Å². The predicted octanol–water partition coefficient (Wildman–Crippen LogP) is 3.82. The van der Waals surface area contributed by atoms with E-state index in [1.807, 2.05) is 6.92 Å². The summed E-state index contributed by atoms with van der Waals surface area (Å²) in [5.41, 5.74) is 8.38. The van der Waals surface area contributed by atoms with Gasteiger partial charge in [0, 0.05) is 12.6 Å². The molecule has 2 rings (SSSR count). The zero-order valence-electron chi connectivity index (χ0n) is 16.9. The number of benzene rings is 1. The average molecular weight is 404 g/mol. The molecule has 0 saturated carbocycles. The lowest BCUT2D eigenvalue weighted by molar-refractivity contribution is -0.115. The molecule has 8 heteroatoms. The normalized spacial score (nSPS) is 11.9. The van der Waals surface area contributed by atoms with Crippen molar-refractivity contribution in [1.82, 2.24) is 4.98 Å². The minimum atomic E-state index is -0.388. The van der Waals surface area contributed by atoms with E-state index in [9.17, 15) is 9.59 Å². The first-order chi connectivity index (χ1) is 14.4. The minimum absolute atomic E-state index is 0.184. The number of carbonyl (C=O) groups is 2. The summed E-state index contributed by atoms with van der Waals surface area (Å²) < 4.78 is 0. The van der Waals surface area contributed by atoms with Gasteiger partial charge in [0.2, 0.25) is 5.91 Å². The van der Waals surface area contributed by atoms with E-state index >= 15 is 0 Å². The highest BCUT2D eigenvalue weighted by molar-refractivity contribution is 6.04. The van der Waals surface area contributed by atoms with Gasteiger partial charge in [-0.25, -0.2) is 15.0 Å². The van der Waals surface area contributed by atoms with Gasteiger partial charge in [-0.15, -0.1) is 0 Å². The van der Waals surface area contributed by atoms with E-state index in [1.54, 1.807) is 55.6 Å². The van der Waals surface area contributed by atoms with Crippen LogP contribution in [-0.2, 0) is 4.79 Å². The third kappa shape index (κ3) is 7.16. The molecule has 0 radical (unpaired) electrons. The maximum atomic E-state index is 12.3. The van der Waals surface area contributed by atoms with Crippen LogP contribution in [0.4, 0.5) is 17.1 Å². The van der Waals surface area contributed by atoms with Crippen LogP contribution in [0.2, 0.25) is 0 Å². The Kier molecular flexibility index (Phi) is 8.19. The van der Waals surface area contributed by atoms with Gasteiger partial charge in [0.05, 0.1) is 23.3 Å². The molecule has 0 aliphatic carbocycles. The van der Waals surface area contributed by atoms with Crippen molar-refractivity contribution >= 4 is 41.4 Å². The Balaban J connectivity index is 1.88. The highest BCUT2D eigenvalue weighted by atomic mass is 16.2. The van der Waals surface area contributed by atoms with Crippen LogP contribution in [0.25, 0.3) is 0 Å². The van der Waals surface area contributed by atoms with Crippen molar-refractivity contribution in [2.24, 2.45) is 9.98 Å². The molecule has 154 valence electrons. The van der Waals surface area contributed by atoms with Gasteiger partial charge < -0.3 is 16.4 Å². The number of hydrogen-bond acceptors (Lipinski definition) is 5. The van der Waals surface area contributed by atoms with Crippen molar-refractivity contribution in [3.8, 4) is 0 Å². The topological polar surface area (TPSA) is 122 Å². The van der Waals surface area contributed by atoms with Gasteiger partial charge in [-0.05, 0) is 50.4 Å². The number of pyridine rings is 1. The molecule has 2 amide bonds. The molecule has 0 fully saturated rings. The summed E-state index contributed by atoms with van der Waals surface area (Å²) in [6, 6.07) is 10.1. The van der Waals surface area contributed by atoms with E-state index in [0.717, 1.165) is 5.57 Å². The van der Waals surface area contributed by atoms with Crippen LogP contribution in [0, 0.1) is 0 Å². The fourth-order valence-electron chi connectivity index (χ4n) is 2.24. The first-order valence-electron chi connectivity index (χ1n) is 9.15. The van der Waals surface area contributed by atoms with Crippen molar-refractivity contribution in [1.29, 1.82) is 0 Å². The second-order valence-electron chi connectivity index (χ2n) is 6.34. The van der Waals surface area contributed by atoms with E-state index in [1.165, 1.54) is 12.3 Å². The molecule has 1 aromatic heterocycles. The van der Waals surface area contributed by atoms with Crippen LogP contribution in [0.3, 0.4) is 0 Å². The number of anilines is 3. The van der Waals surface area contributed by atoms with Crippen LogP contribution in [0.15, 0.2) is 76.5 Å². The number of allylic oxidation sites excluding steroid dienone is 2. The smallest absolute Gasteiger partial charge is 0.274 e. The Morgan fingerprint density at radius 1 is 1.17 bits per heavy atom. The maximum Gasteiger partial charge on any atom is 0.274 e. The number of amides is 2. The number of rotatable bonds is 7. The number of aliphatic imine (C=N–C) groups is 2. The van der Waals surface area contributed by atoms with Crippen LogP contribution < -0.4 is 16.4 Å². The van der Waals surface area contributed by atoms with Crippen molar-refractivity contribution in [2.75, 3.05) is 16.4 Å². The number of nitrogens with two attached hydrogens (primary N) is 1. The van der Waals surface area contributed by atoms with Crippen LogP contribution in [-0.4, -0.2) is 29.4 Å². The maximum absolute atomic E-state index is 12.3. The molecule has 2 aromatic rings. The molecule has 4 N–H and O–H groups in total. The van der Waals surface area contributed by atoms with Crippen molar-refractivity contribution in [2.45, 2.75) is 20.3 Å². The van der Waals surface area contributed by atoms with Crippen LogP contribution in [0.5, 0.6) is 0 Å². The number of aromatic nitrogens is 1. The zero-order valence-corrected chi connectivity index (χ0v) is 16.9. The van der Waals surface area contributed by atoms with Gasteiger partial charge in [-0.1, -0.05) is 24.3 Å². The van der Waals surface area contributed by atoms with Crippen molar-refractivity contribution in [3.05, 3.63) is 72.2 Å². The molecule has 0 unspecified atom stereocenters. The van der Waals surface area contributed by atoms with Gasteiger partial charge in [0.1, 0.15) is 11.5 Å². The second kappa shape index (κ2) is 11.1. The Labute approximate surface area is 175 Å². The Bertz CT molecular complexity index is 1010. The molecule has 0 aliphatic rings. The quantitative estimate of drug-likeness (QED) is 0.281. The number of nitrogen functional groups attached to an aromatic ring is 1. The fraction of sp³-hybridized carbons (Fsp3) is 0.136. The standard InChI is InChI=1S/C22H24N6O2/c1-15(13-25-16(2)24-3)7-6-10-21(29)27-17-11-12-20(26-14-17)22(30)28-19-9-5-4-8-18(19)23/h4-9,11-14H,3,10,23H2,1-2H3,(H,27,29)(H,28,30)/b7-6+,15-13+,25-16?. The lowest BCUT2D eigenvalue weighted by Crippen LogP contribution is -2.15. The Morgan fingerprint density at radius 2 is 1.93 bits per heavy atom. The molecule has 0 saturated heterocycles. The summed E-state index contributed by atoms with van der Waals surface area (Å²) in [4.78, 5) is 36.2. The average Bonchev–Trinajstić information content (AvgIpc) is 2.74. The zero-order chi connectivity index (χ0) is 21.9. The molecule has 0 aliphatic heterocycles. The monoisotopic (exact) mass is 404 g/mol. The Hall–Kier alpha value is -4.07. The third-order valence-corrected chi connectivity index (χ3v) is 3.86. The first-order valence-corrected chi connectivity index (χ1v) is 9.15. The van der Waals surface area contributed by atoms with Gasteiger partial charge in [-0.2, -0.15) is 0 Å². The van der Waals surface area contributed by atoms with Gasteiger partial charge >= 0.3 is 0 Å². The van der Waals surface area contributed by atoms with E-state index in [-0.39, 0.29) is 23.9 Å². The number of nitrogens with zero attached hydrogens (tertiary/aromatic N) is 3. The van der Waals surface area contributed by atoms with Gasteiger partial charge in [0.15, 0.2) is 0 Å². The predicted molar refractivity (Wildman–Crippen MR) is 122 cm³/mol. The lowest BCUT2D eigenvalue weighted by Gasteiger charge is -2.08. The molecule has 0 atom stereocenters. The van der Waals surface area contributed by atoms with Crippen molar-refractivity contribution < 1.29 is 9.59 Å². The highest BCUT2D eigenvalue weighted by Crippen LogP contribution is 2.17. The largest absolute Gasteiger partial charge is 0.397 e. The summed E-state index contributed by atoms with van der Waals surface area (Å²) in [5.74, 6) is -0.0274. The molecule has 1 aromatic carbocycles. The summed E-state index contributed by atoms with van der Waals surface area (Å²) >= 11 is 0. The SMILES string of the molecule is C=NC(C)=N/C=C(C)/C=C/CC(=O)Nc1ccc(C(=O)Nc2ccccc2N)nc1. The molecule has 0 spiro atoms. The van der Waals surface area contributed by atoms with E-state index in [2.05, 4.69) is 32.3 Å². The number of nitrogens with one attached hydrogen (secondary N) is 2. The third-order valence-electron chi connectivity index (χ3n) is 3.86.